The number of allylic oxidation sites excluding steroid dienone is 1. The Morgan fingerprint density at radius 3 is 2.30 bits per heavy atom. The van der Waals surface area contributed by atoms with E-state index < -0.39 is 59.6 Å². The summed E-state index contributed by atoms with van der Waals surface area (Å²) in [5.41, 5.74) is 1.06. The molecule has 11 heteroatoms. The van der Waals surface area contributed by atoms with E-state index in [1.807, 2.05) is 68.4 Å². The van der Waals surface area contributed by atoms with E-state index in [-0.39, 0.29) is 37.3 Å². The molecule has 3 fully saturated rings. The van der Waals surface area contributed by atoms with Crippen LogP contribution in [0.2, 0.25) is 0 Å². The molecular formula is C43H58N4O7. The maximum Gasteiger partial charge on any atom is 0.313 e. The van der Waals surface area contributed by atoms with Gasteiger partial charge in [0.2, 0.25) is 11.8 Å². The number of ether oxygens (including phenoxy) is 2. The Morgan fingerprint density at radius 1 is 1.04 bits per heavy atom. The second-order valence-electron chi connectivity index (χ2n) is 15.1. The highest BCUT2D eigenvalue weighted by atomic mass is 16.6. The van der Waals surface area contributed by atoms with Crippen molar-refractivity contribution in [1.82, 2.24) is 10.2 Å². The van der Waals surface area contributed by atoms with Crippen molar-refractivity contribution in [1.29, 1.82) is 0 Å². The maximum absolute atomic E-state index is 15.1. The summed E-state index contributed by atoms with van der Waals surface area (Å²) in [4.78, 5) is 62.6. The highest BCUT2D eigenvalue weighted by molar-refractivity contribution is 6.05. The number of esters is 1. The number of likely N-dealkylation sites (tertiary alicyclic amines) is 1. The third kappa shape index (κ3) is 7.98. The van der Waals surface area contributed by atoms with Gasteiger partial charge in [-0.2, -0.15) is 0 Å². The first-order valence-corrected chi connectivity index (χ1v) is 19.5. The number of amides is 3. The number of aliphatic hydroxyl groups is 1. The molecule has 2 bridgehead atoms. The number of aliphatic hydroxyl groups excluding tert-OH is 1. The van der Waals surface area contributed by atoms with Gasteiger partial charge in [-0.05, 0) is 82.2 Å². The van der Waals surface area contributed by atoms with Crippen molar-refractivity contribution >= 4 is 35.1 Å². The molecule has 3 saturated heterocycles. The molecular weight excluding hydrogens is 684 g/mol. The fourth-order valence-electron chi connectivity index (χ4n) is 8.82. The van der Waals surface area contributed by atoms with E-state index in [0.717, 1.165) is 18.8 Å². The first-order chi connectivity index (χ1) is 26.0. The third-order valence-electron chi connectivity index (χ3n) is 11.2. The number of hydrogen-bond acceptors (Lipinski definition) is 8. The Kier molecular flexibility index (Phi) is 13.4. The summed E-state index contributed by atoms with van der Waals surface area (Å²) < 4.78 is 13.0. The number of rotatable bonds is 19. The summed E-state index contributed by atoms with van der Waals surface area (Å²) in [6.07, 6.45) is 3.89. The molecule has 2 N–H and O–H groups in total. The normalized spacial score (nSPS) is 24.4. The van der Waals surface area contributed by atoms with E-state index >= 15 is 4.79 Å². The zero-order valence-corrected chi connectivity index (χ0v) is 32.5. The van der Waals surface area contributed by atoms with Gasteiger partial charge in [-0.15, -0.1) is 13.2 Å². The van der Waals surface area contributed by atoms with Crippen LogP contribution in [-0.2, 0) is 28.7 Å². The number of benzene rings is 2. The van der Waals surface area contributed by atoms with Crippen LogP contribution >= 0.6 is 0 Å². The number of carbonyl (C=O) groups excluding carboxylic acids is 4. The van der Waals surface area contributed by atoms with Crippen molar-refractivity contribution in [2.24, 2.45) is 17.8 Å². The van der Waals surface area contributed by atoms with Crippen LogP contribution in [0.15, 0.2) is 79.9 Å². The quantitative estimate of drug-likeness (QED) is 0.141. The predicted molar refractivity (Wildman–Crippen MR) is 210 cm³/mol. The van der Waals surface area contributed by atoms with Crippen LogP contribution in [0, 0.1) is 17.8 Å². The van der Waals surface area contributed by atoms with Gasteiger partial charge in [-0.3, -0.25) is 19.2 Å². The average molecular weight is 743 g/mol. The molecule has 8 atom stereocenters. The Hall–Kier alpha value is -4.48. The van der Waals surface area contributed by atoms with Crippen LogP contribution in [0.25, 0.3) is 0 Å². The zero-order valence-electron chi connectivity index (χ0n) is 32.5. The van der Waals surface area contributed by atoms with Crippen LogP contribution in [0.5, 0.6) is 0 Å². The maximum atomic E-state index is 15.1. The molecule has 3 amide bonds. The summed E-state index contributed by atoms with van der Waals surface area (Å²) in [5, 5.41) is 13.7. The Balaban J connectivity index is 1.52. The molecule has 11 nitrogen and oxygen atoms in total. The lowest BCUT2D eigenvalue weighted by molar-refractivity contribution is -0.162. The van der Waals surface area contributed by atoms with Crippen molar-refractivity contribution < 1.29 is 33.8 Å². The minimum Gasteiger partial charge on any atom is -0.455 e. The third-order valence-corrected chi connectivity index (χ3v) is 11.2. The second-order valence-corrected chi connectivity index (χ2v) is 15.1. The number of fused-ring (bicyclic) bond motifs is 1. The monoisotopic (exact) mass is 742 g/mol. The van der Waals surface area contributed by atoms with E-state index in [4.69, 9.17) is 9.47 Å². The fraction of sp³-hybridized carbons (Fsp3) is 0.535. The van der Waals surface area contributed by atoms with Gasteiger partial charge >= 0.3 is 5.97 Å². The average Bonchev–Trinajstić information content (AvgIpc) is 3.82. The van der Waals surface area contributed by atoms with Gasteiger partial charge in [0, 0.05) is 37.4 Å². The predicted octanol–water partition coefficient (Wildman–Crippen LogP) is 5.59. The van der Waals surface area contributed by atoms with E-state index in [2.05, 4.69) is 37.2 Å². The molecule has 2 aromatic carbocycles. The Morgan fingerprint density at radius 2 is 1.70 bits per heavy atom. The van der Waals surface area contributed by atoms with Crippen molar-refractivity contribution in [3.63, 3.8) is 0 Å². The smallest absolute Gasteiger partial charge is 0.313 e. The van der Waals surface area contributed by atoms with Crippen molar-refractivity contribution in [2.75, 3.05) is 36.0 Å². The minimum absolute atomic E-state index is 0.105. The van der Waals surface area contributed by atoms with E-state index in [1.54, 1.807) is 24.0 Å². The number of nitrogens with zero attached hydrogens (tertiary/aromatic N) is 3. The molecule has 3 aliphatic heterocycles. The molecule has 2 aromatic rings. The number of nitrogens with one attached hydrogen (secondary N) is 1. The summed E-state index contributed by atoms with van der Waals surface area (Å²) >= 11 is 0. The van der Waals surface area contributed by atoms with Crippen LogP contribution in [0.4, 0.5) is 11.4 Å². The second kappa shape index (κ2) is 17.8. The molecule has 5 rings (SSSR count). The molecule has 1 spiro atoms. The van der Waals surface area contributed by atoms with Crippen LogP contribution in [0.1, 0.15) is 78.4 Å². The molecule has 0 aromatic heterocycles. The summed E-state index contributed by atoms with van der Waals surface area (Å²) in [5.74, 6) is -3.44. The van der Waals surface area contributed by atoms with Gasteiger partial charge in [-0.25, -0.2) is 0 Å². The van der Waals surface area contributed by atoms with Gasteiger partial charge in [0.15, 0.2) is 0 Å². The first-order valence-electron chi connectivity index (χ1n) is 19.5. The molecule has 54 heavy (non-hydrogen) atoms. The van der Waals surface area contributed by atoms with Crippen LogP contribution in [-0.4, -0.2) is 89.8 Å². The van der Waals surface area contributed by atoms with E-state index in [0.29, 0.717) is 36.9 Å². The summed E-state index contributed by atoms with van der Waals surface area (Å²) in [6.45, 7) is 19.1. The van der Waals surface area contributed by atoms with Crippen molar-refractivity contribution in [3.05, 3.63) is 85.5 Å². The highest BCUT2D eigenvalue weighted by Crippen LogP contribution is 2.59. The number of hydrogen-bond donors (Lipinski definition) is 2. The van der Waals surface area contributed by atoms with Crippen LogP contribution < -0.4 is 15.1 Å². The highest BCUT2D eigenvalue weighted by Gasteiger charge is 2.75. The zero-order chi connectivity index (χ0) is 39.2. The largest absolute Gasteiger partial charge is 0.455 e. The van der Waals surface area contributed by atoms with Gasteiger partial charge in [-0.1, -0.05) is 56.3 Å². The molecule has 3 heterocycles. The molecule has 0 radical (unpaired) electrons. The van der Waals surface area contributed by atoms with Gasteiger partial charge < -0.3 is 34.6 Å². The first kappa shape index (κ1) is 40.7. The lowest BCUT2D eigenvalue weighted by Crippen LogP contribution is -2.59. The van der Waals surface area contributed by atoms with Crippen LogP contribution in [0.3, 0.4) is 0 Å². The lowest BCUT2D eigenvalue weighted by Gasteiger charge is -2.39. The molecule has 0 unspecified atom stereocenters. The lowest BCUT2D eigenvalue weighted by atomic mass is 9.70. The summed E-state index contributed by atoms with van der Waals surface area (Å²) in [7, 11) is 0. The number of anilines is 2. The van der Waals surface area contributed by atoms with Gasteiger partial charge in [0.1, 0.15) is 17.7 Å². The molecule has 292 valence electrons. The molecule has 0 saturated carbocycles. The molecule has 3 aliphatic rings. The molecule has 0 aliphatic carbocycles. The van der Waals surface area contributed by atoms with E-state index in [1.165, 1.54) is 4.90 Å². The SMILES string of the molecule is C=CCCC(=O)N[C@@H](C)[C@H](OC(=O)[C@@H]1[C@H]2C(=O)N([C@@H](CO)CC(C)C)[C@H](C(=O)N(CC=C)c3ccc(N(CC)CC)cc3)[C@]23CC[C@H]1O3)c1ccccc1. The summed E-state index contributed by atoms with van der Waals surface area (Å²) in [6, 6.07) is 14.6. The number of carbonyl (C=O) groups is 4. The van der Waals surface area contributed by atoms with Crippen molar-refractivity contribution in [3.8, 4) is 0 Å². The minimum atomic E-state index is -1.31. The Bertz CT molecular complexity index is 1640. The fourth-order valence-corrected chi connectivity index (χ4v) is 8.82. The van der Waals surface area contributed by atoms with Gasteiger partial charge in [0.25, 0.3) is 5.91 Å². The van der Waals surface area contributed by atoms with Crippen molar-refractivity contribution in [2.45, 2.75) is 103 Å². The Labute approximate surface area is 320 Å². The topological polar surface area (TPSA) is 129 Å². The standard InChI is InChI=1S/C43H58N4O7/c1-8-12-18-35(49)44-29(7)38(30-16-14-13-15-17-30)53-42(52)36-34-23-24-43(54-34)37(36)40(50)47(33(27-48)26-28(5)6)39(43)41(51)46(25-9-2)32-21-19-31(20-22-32)45(10-3)11-4/h8-9,13-17,19-22,28-29,33-34,36-39,48H,1-2,10-12,18,23-27H2,3-7H3,(H,44,49)/t29-,33+,34+,36-,37-,38-,39+,43-/m0/s1. The van der Waals surface area contributed by atoms with E-state index in [9.17, 15) is 19.5 Å². The van der Waals surface area contributed by atoms with Gasteiger partial charge in [0.05, 0.1) is 36.6 Å².